The number of nitrogens with one attached hydrogen (secondary N) is 2. The van der Waals surface area contributed by atoms with Gasteiger partial charge in [0.25, 0.3) is 0 Å². The average molecular weight is 509 g/mol. The molecule has 0 aromatic heterocycles. The first-order chi connectivity index (χ1) is 17.0. The standard InChI is InChI=1S/C27H33F5N4/c1-4-13-34-25-21(14-19(28)15-23(25)29)17(2)35-26(20-10-6-8-12-24(20)33)36(3)16-18-9-5-7-11-22(18)27(30,31)32/h5,7,9,11,14-15,26,34-35H,2,4,6,8,10,12-13,16,33H2,1,3H3. The third-order valence-electron chi connectivity index (χ3n) is 6.31. The summed E-state index contributed by atoms with van der Waals surface area (Å²) in [5.74, 6) is -1.50. The lowest BCUT2D eigenvalue weighted by Crippen LogP contribution is -2.45. The van der Waals surface area contributed by atoms with Gasteiger partial charge in [-0.15, -0.1) is 0 Å². The average Bonchev–Trinajstić information content (AvgIpc) is 2.81. The zero-order chi connectivity index (χ0) is 26.5. The number of likely N-dealkylation sites (N-methyl/N-ethyl adjacent to an activating group) is 1. The van der Waals surface area contributed by atoms with E-state index in [1.54, 1.807) is 18.0 Å². The molecule has 0 saturated carbocycles. The number of hydrogen-bond donors (Lipinski definition) is 3. The van der Waals surface area contributed by atoms with E-state index in [9.17, 15) is 22.0 Å². The van der Waals surface area contributed by atoms with Crippen molar-refractivity contribution in [2.75, 3.05) is 18.9 Å². The number of rotatable bonds is 10. The Bertz CT molecular complexity index is 1110. The number of nitrogens with zero attached hydrogens (tertiary/aromatic N) is 1. The van der Waals surface area contributed by atoms with Crippen molar-refractivity contribution in [3.8, 4) is 0 Å². The van der Waals surface area contributed by atoms with Crippen LogP contribution in [0.2, 0.25) is 0 Å². The van der Waals surface area contributed by atoms with Gasteiger partial charge in [-0.25, -0.2) is 8.78 Å². The molecule has 3 rings (SSSR count). The first-order valence-corrected chi connectivity index (χ1v) is 12.0. The Labute approximate surface area is 209 Å². The molecule has 2 aromatic carbocycles. The van der Waals surface area contributed by atoms with Crippen molar-refractivity contribution >= 4 is 11.4 Å². The molecule has 0 radical (unpaired) electrons. The third kappa shape index (κ3) is 6.57. The number of nitrogens with two attached hydrogens (primary N) is 1. The van der Waals surface area contributed by atoms with Crippen molar-refractivity contribution < 1.29 is 22.0 Å². The molecular weight excluding hydrogens is 475 g/mol. The molecule has 2 aromatic rings. The molecule has 4 N–H and O–H groups in total. The first-order valence-electron chi connectivity index (χ1n) is 12.0. The molecule has 0 aliphatic heterocycles. The Morgan fingerprint density at radius 1 is 1.14 bits per heavy atom. The molecule has 0 heterocycles. The molecule has 0 amide bonds. The van der Waals surface area contributed by atoms with Gasteiger partial charge in [0, 0.05) is 36.1 Å². The van der Waals surface area contributed by atoms with Gasteiger partial charge >= 0.3 is 6.18 Å². The van der Waals surface area contributed by atoms with Crippen molar-refractivity contribution in [3.63, 3.8) is 0 Å². The van der Waals surface area contributed by atoms with Crippen LogP contribution in [0.15, 0.2) is 54.2 Å². The van der Waals surface area contributed by atoms with E-state index in [1.807, 2.05) is 6.92 Å². The number of alkyl halides is 3. The van der Waals surface area contributed by atoms with Crippen molar-refractivity contribution in [2.24, 2.45) is 5.73 Å². The topological polar surface area (TPSA) is 53.3 Å². The number of halogens is 5. The second-order valence-electron chi connectivity index (χ2n) is 9.09. The maximum atomic E-state index is 14.6. The zero-order valence-corrected chi connectivity index (χ0v) is 20.6. The number of allylic oxidation sites excluding steroid dienone is 1. The lowest BCUT2D eigenvalue weighted by Gasteiger charge is -2.35. The predicted octanol–water partition coefficient (Wildman–Crippen LogP) is 6.61. The molecule has 4 nitrogen and oxygen atoms in total. The van der Waals surface area contributed by atoms with E-state index in [-0.39, 0.29) is 29.1 Å². The van der Waals surface area contributed by atoms with Crippen LogP contribution in [0.25, 0.3) is 5.70 Å². The monoisotopic (exact) mass is 508 g/mol. The Kier molecular flexibility index (Phi) is 9.00. The largest absolute Gasteiger partial charge is 0.416 e. The van der Waals surface area contributed by atoms with Gasteiger partial charge in [0.05, 0.1) is 11.3 Å². The number of anilines is 1. The minimum Gasteiger partial charge on any atom is -0.402 e. The maximum absolute atomic E-state index is 14.6. The predicted molar refractivity (Wildman–Crippen MR) is 134 cm³/mol. The fraction of sp³-hybridized carbons (Fsp3) is 0.407. The summed E-state index contributed by atoms with van der Waals surface area (Å²) in [6.45, 7) is 6.39. The lowest BCUT2D eigenvalue weighted by molar-refractivity contribution is -0.138. The zero-order valence-electron chi connectivity index (χ0n) is 20.6. The van der Waals surface area contributed by atoms with Crippen LogP contribution < -0.4 is 16.4 Å². The Balaban J connectivity index is 1.97. The van der Waals surface area contributed by atoms with Crippen LogP contribution in [0.1, 0.15) is 55.7 Å². The summed E-state index contributed by atoms with van der Waals surface area (Å²) < 4.78 is 69.6. The van der Waals surface area contributed by atoms with Gasteiger partial charge in [-0.3, -0.25) is 4.90 Å². The van der Waals surface area contributed by atoms with Crippen LogP contribution in [0.5, 0.6) is 0 Å². The Morgan fingerprint density at radius 2 is 1.83 bits per heavy atom. The van der Waals surface area contributed by atoms with E-state index in [4.69, 9.17) is 5.73 Å². The SMILES string of the molecule is C=C(NC(C1=C(N)CCCC1)N(C)Cc1ccccc1C(F)(F)F)c1cc(F)cc(F)c1NCCC. The molecule has 1 atom stereocenters. The minimum absolute atomic E-state index is 0.0319. The molecule has 1 aliphatic carbocycles. The van der Waals surface area contributed by atoms with Gasteiger partial charge in [0.2, 0.25) is 0 Å². The Hall–Kier alpha value is -3.07. The van der Waals surface area contributed by atoms with Gasteiger partial charge in [0.1, 0.15) is 17.8 Å². The van der Waals surface area contributed by atoms with E-state index >= 15 is 0 Å². The van der Waals surface area contributed by atoms with Gasteiger partial charge in [0.15, 0.2) is 0 Å². The van der Waals surface area contributed by atoms with E-state index in [0.717, 1.165) is 37.0 Å². The van der Waals surface area contributed by atoms with E-state index in [0.29, 0.717) is 25.1 Å². The summed E-state index contributed by atoms with van der Waals surface area (Å²) in [6, 6.07) is 7.40. The van der Waals surface area contributed by atoms with Gasteiger partial charge in [-0.05, 0) is 62.4 Å². The van der Waals surface area contributed by atoms with Gasteiger partial charge in [-0.2, -0.15) is 13.2 Å². The fourth-order valence-corrected chi connectivity index (χ4v) is 4.51. The highest BCUT2D eigenvalue weighted by molar-refractivity contribution is 5.75. The smallest absolute Gasteiger partial charge is 0.402 e. The summed E-state index contributed by atoms with van der Waals surface area (Å²) in [4.78, 5) is 1.72. The molecule has 0 saturated heterocycles. The minimum atomic E-state index is -4.49. The van der Waals surface area contributed by atoms with Crippen LogP contribution in [0.3, 0.4) is 0 Å². The van der Waals surface area contributed by atoms with E-state index in [1.165, 1.54) is 18.2 Å². The van der Waals surface area contributed by atoms with Crippen molar-refractivity contribution in [1.29, 1.82) is 0 Å². The summed E-state index contributed by atoms with van der Waals surface area (Å²) in [5, 5.41) is 6.20. The van der Waals surface area contributed by atoms with Crippen LogP contribution >= 0.6 is 0 Å². The highest BCUT2D eigenvalue weighted by Gasteiger charge is 2.34. The van der Waals surface area contributed by atoms with Crippen molar-refractivity contribution in [1.82, 2.24) is 10.2 Å². The summed E-state index contributed by atoms with van der Waals surface area (Å²) in [7, 11) is 1.69. The summed E-state index contributed by atoms with van der Waals surface area (Å²) in [6.07, 6.45) is -1.26. The molecule has 36 heavy (non-hydrogen) atoms. The molecular formula is C27H33F5N4. The molecule has 0 fully saturated rings. The van der Waals surface area contributed by atoms with Crippen LogP contribution in [-0.4, -0.2) is 24.7 Å². The number of benzene rings is 2. The lowest BCUT2D eigenvalue weighted by atomic mass is 9.93. The molecule has 0 bridgehead atoms. The van der Waals surface area contributed by atoms with Crippen molar-refractivity contribution in [3.05, 3.63) is 82.6 Å². The highest BCUT2D eigenvalue weighted by Crippen LogP contribution is 2.34. The van der Waals surface area contributed by atoms with E-state index in [2.05, 4.69) is 17.2 Å². The molecule has 1 unspecified atom stereocenters. The Morgan fingerprint density at radius 3 is 2.50 bits per heavy atom. The second kappa shape index (κ2) is 11.8. The maximum Gasteiger partial charge on any atom is 0.416 e. The second-order valence-corrected chi connectivity index (χ2v) is 9.09. The van der Waals surface area contributed by atoms with E-state index < -0.39 is 29.5 Å². The molecule has 1 aliphatic rings. The molecule has 9 heteroatoms. The highest BCUT2D eigenvalue weighted by atomic mass is 19.4. The molecule has 0 spiro atoms. The van der Waals surface area contributed by atoms with Crippen molar-refractivity contribution in [2.45, 2.75) is 57.9 Å². The van der Waals surface area contributed by atoms with Crippen LogP contribution in [0, 0.1) is 11.6 Å². The van der Waals surface area contributed by atoms with Gasteiger partial charge < -0.3 is 16.4 Å². The van der Waals surface area contributed by atoms with Crippen LogP contribution in [0.4, 0.5) is 27.6 Å². The first kappa shape index (κ1) is 27.5. The summed E-state index contributed by atoms with van der Waals surface area (Å²) >= 11 is 0. The third-order valence-corrected chi connectivity index (χ3v) is 6.31. The normalized spacial score (nSPS) is 15.2. The fourth-order valence-electron chi connectivity index (χ4n) is 4.51. The quantitative estimate of drug-likeness (QED) is 0.250. The van der Waals surface area contributed by atoms with Crippen LogP contribution in [-0.2, 0) is 12.7 Å². The number of hydrogen-bond acceptors (Lipinski definition) is 4. The van der Waals surface area contributed by atoms with Gasteiger partial charge in [-0.1, -0.05) is 31.7 Å². The summed E-state index contributed by atoms with van der Waals surface area (Å²) in [5.41, 5.74) is 7.81. The molecule has 196 valence electrons.